The van der Waals surface area contributed by atoms with Crippen LogP contribution < -0.4 is 19.5 Å². The fraction of sp³-hybridized carbons (Fsp3) is 0.381. The summed E-state index contributed by atoms with van der Waals surface area (Å²) in [5, 5.41) is 2.87. The van der Waals surface area contributed by atoms with E-state index in [0.29, 0.717) is 31.1 Å². The number of nitrogens with one attached hydrogen (secondary N) is 1. The topological polar surface area (TPSA) is 56.8 Å². The van der Waals surface area contributed by atoms with Crippen molar-refractivity contribution in [3.63, 3.8) is 0 Å². The molecule has 2 aromatic carbocycles. The lowest BCUT2D eigenvalue weighted by atomic mass is 10.1. The number of rotatable bonds is 9. The third-order valence-electron chi connectivity index (χ3n) is 4.22. The number of amides is 1. The zero-order valence-electron chi connectivity index (χ0n) is 15.9. The van der Waals surface area contributed by atoms with Gasteiger partial charge in [0.25, 0.3) is 5.91 Å². The molecule has 1 atom stereocenters. The van der Waals surface area contributed by atoms with E-state index < -0.39 is 6.10 Å². The third-order valence-corrected chi connectivity index (χ3v) is 4.22. The molecule has 0 saturated heterocycles. The second kappa shape index (κ2) is 9.70. The van der Waals surface area contributed by atoms with Crippen molar-refractivity contribution in [1.82, 2.24) is 5.32 Å². The van der Waals surface area contributed by atoms with Crippen LogP contribution >= 0.6 is 0 Å². The number of hydrogen-bond acceptors (Lipinski definition) is 4. The molecule has 0 aliphatic carbocycles. The summed E-state index contributed by atoms with van der Waals surface area (Å²) >= 11 is 0. The van der Waals surface area contributed by atoms with Gasteiger partial charge in [-0.05, 0) is 49.6 Å². The highest BCUT2D eigenvalue weighted by molar-refractivity contribution is 5.81. The minimum absolute atomic E-state index is 0.164. The summed E-state index contributed by atoms with van der Waals surface area (Å²) in [4.78, 5) is 12.4. The lowest BCUT2D eigenvalue weighted by Crippen LogP contribution is -2.39. The Hall–Kier alpha value is -2.69. The van der Waals surface area contributed by atoms with Crippen LogP contribution in [0.1, 0.15) is 24.5 Å². The van der Waals surface area contributed by atoms with E-state index in [4.69, 9.17) is 14.2 Å². The molecule has 0 fully saturated rings. The van der Waals surface area contributed by atoms with E-state index in [-0.39, 0.29) is 5.91 Å². The van der Waals surface area contributed by atoms with E-state index in [1.807, 2.05) is 51.1 Å². The van der Waals surface area contributed by atoms with Gasteiger partial charge in [-0.25, -0.2) is 0 Å². The van der Waals surface area contributed by atoms with Gasteiger partial charge in [0.2, 0.25) is 0 Å². The molecule has 0 heterocycles. The van der Waals surface area contributed by atoms with Crippen LogP contribution in [0.15, 0.2) is 42.5 Å². The zero-order chi connectivity index (χ0) is 18.9. The minimum Gasteiger partial charge on any atom is -0.493 e. The Morgan fingerprint density at radius 3 is 2.42 bits per heavy atom. The van der Waals surface area contributed by atoms with E-state index in [1.54, 1.807) is 19.2 Å². The molecule has 2 aromatic rings. The monoisotopic (exact) mass is 357 g/mol. The molecule has 5 heteroatoms. The van der Waals surface area contributed by atoms with Crippen molar-refractivity contribution in [1.29, 1.82) is 0 Å². The number of ether oxygens (including phenoxy) is 3. The Balaban J connectivity index is 1.84. The number of methoxy groups -OCH3 is 1. The van der Waals surface area contributed by atoms with Crippen molar-refractivity contribution >= 4 is 5.91 Å². The van der Waals surface area contributed by atoms with Crippen LogP contribution in [0.25, 0.3) is 0 Å². The number of carbonyl (C=O) groups is 1. The van der Waals surface area contributed by atoms with Crippen LogP contribution in [0.5, 0.6) is 17.2 Å². The summed E-state index contributed by atoms with van der Waals surface area (Å²) < 4.78 is 16.8. The molecule has 0 bridgehead atoms. The zero-order valence-corrected chi connectivity index (χ0v) is 15.9. The van der Waals surface area contributed by atoms with Gasteiger partial charge >= 0.3 is 0 Å². The Morgan fingerprint density at radius 2 is 1.73 bits per heavy atom. The van der Waals surface area contributed by atoms with Gasteiger partial charge in [0, 0.05) is 0 Å². The van der Waals surface area contributed by atoms with E-state index in [2.05, 4.69) is 5.32 Å². The molecule has 26 heavy (non-hydrogen) atoms. The van der Waals surface area contributed by atoms with Crippen molar-refractivity contribution in [3.05, 3.63) is 53.6 Å². The first-order valence-corrected chi connectivity index (χ1v) is 8.83. The molecule has 0 radical (unpaired) electrons. The minimum atomic E-state index is -0.577. The van der Waals surface area contributed by atoms with Crippen molar-refractivity contribution in [3.8, 4) is 17.2 Å². The molecule has 0 aromatic heterocycles. The van der Waals surface area contributed by atoms with E-state index in [0.717, 1.165) is 11.3 Å². The van der Waals surface area contributed by atoms with Crippen molar-refractivity contribution in [2.75, 3.05) is 20.3 Å². The summed E-state index contributed by atoms with van der Waals surface area (Å²) in [6, 6.07) is 13.2. The average molecular weight is 357 g/mol. The maximum absolute atomic E-state index is 12.4. The molecule has 2 rings (SSSR count). The van der Waals surface area contributed by atoms with Crippen LogP contribution in [0.3, 0.4) is 0 Å². The van der Waals surface area contributed by atoms with Crippen molar-refractivity contribution in [2.24, 2.45) is 0 Å². The second-order valence-electron chi connectivity index (χ2n) is 6.00. The Labute approximate surface area is 155 Å². The fourth-order valence-corrected chi connectivity index (χ4v) is 2.52. The maximum atomic E-state index is 12.4. The molecular weight excluding hydrogens is 330 g/mol. The first-order chi connectivity index (χ1) is 12.6. The summed E-state index contributed by atoms with van der Waals surface area (Å²) in [6.45, 7) is 6.80. The number of benzene rings is 2. The number of para-hydroxylation sites is 2. The largest absolute Gasteiger partial charge is 0.493 e. The van der Waals surface area contributed by atoms with E-state index >= 15 is 0 Å². The van der Waals surface area contributed by atoms with Gasteiger partial charge in [-0.15, -0.1) is 0 Å². The van der Waals surface area contributed by atoms with Gasteiger partial charge in [0.05, 0.1) is 13.7 Å². The van der Waals surface area contributed by atoms with E-state index in [9.17, 15) is 4.79 Å². The van der Waals surface area contributed by atoms with Crippen LogP contribution in [-0.2, 0) is 4.79 Å². The predicted octanol–water partition coefficient (Wildman–Crippen LogP) is 3.66. The normalized spacial score (nSPS) is 11.5. The molecule has 0 spiro atoms. The molecule has 5 nitrogen and oxygen atoms in total. The fourth-order valence-electron chi connectivity index (χ4n) is 2.52. The molecule has 140 valence electrons. The van der Waals surface area contributed by atoms with Gasteiger partial charge in [0.15, 0.2) is 17.6 Å². The summed E-state index contributed by atoms with van der Waals surface area (Å²) in [6.07, 6.45) is -0.0196. The molecular formula is C21H27NO4. The summed E-state index contributed by atoms with van der Waals surface area (Å²) in [7, 11) is 1.58. The quantitative estimate of drug-likeness (QED) is 0.696. The highest BCUT2D eigenvalue weighted by Crippen LogP contribution is 2.27. The molecule has 0 aliphatic rings. The van der Waals surface area contributed by atoms with Crippen LogP contribution in [0.4, 0.5) is 0 Å². The highest BCUT2D eigenvalue weighted by atomic mass is 16.5. The number of hydrogen-bond donors (Lipinski definition) is 1. The summed E-state index contributed by atoms with van der Waals surface area (Å²) in [5.41, 5.74) is 2.30. The maximum Gasteiger partial charge on any atom is 0.261 e. The lowest BCUT2D eigenvalue weighted by molar-refractivity contribution is -0.128. The first kappa shape index (κ1) is 19.6. The molecule has 0 aliphatic heterocycles. The second-order valence-corrected chi connectivity index (χ2v) is 6.00. The third kappa shape index (κ3) is 5.15. The van der Waals surface area contributed by atoms with Crippen LogP contribution in [-0.4, -0.2) is 32.3 Å². The van der Waals surface area contributed by atoms with Gasteiger partial charge in [0.1, 0.15) is 12.4 Å². The van der Waals surface area contributed by atoms with E-state index in [1.165, 1.54) is 5.56 Å². The van der Waals surface area contributed by atoms with Gasteiger partial charge in [-0.1, -0.05) is 31.2 Å². The standard InChI is InChI=1S/C21H27NO4/c1-5-17(26-20-11-7-6-10-19(20)24-4)21(23)22-13-14-25-18-12-8-9-15(2)16(18)3/h6-12,17H,5,13-14H2,1-4H3,(H,22,23)/t17-/m1/s1. The van der Waals surface area contributed by atoms with Crippen LogP contribution in [0.2, 0.25) is 0 Å². The molecule has 0 saturated carbocycles. The molecule has 1 amide bonds. The van der Waals surface area contributed by atoms with Gasteiger partial charge in [-0.3, -0.25) is 4.79 Å². The Kier molecular flexibility index (Phi) is 7.33. The molecule has 1 N–H and O–H groups in total. The van der Waals surface area contributed by atoms with Crippen molar-refractivity contribution in [2.45, 2.75) is 33.3 Å². The number of carbonyl (C=O) groups excluding carboxylic acids is 1. The lowest BCUT2D eigenvalue weighted by Gasteiger charge is -2.19. The Bertz CT molecular complexity index is 730. The smallest absolute Gasteiger partial charge is 0.261 e. The summed E-state index contributed by atoms with van der Waals surface area (Å²) in [5.74, 6) is 1.85. The first-order valence-electron chi connectivity index (χ1n) is 8.83. The highest BCUT2D eigenvalue weighted by Gasteiger charge is 2.19. The predicted molar refractivity (Wildman–Crippen MR) is 102 cm³/mol. The molecule has 0 unspecified atom stereocenters. The van der Waals surface area contributed by atoms with Crippen molar-refractivity contribution < 1.29 is 19.0 Å². The average Bonchev–Trinajstić information content (AvgIpc) is 2.66. The SMILES string of the molecule is CC[C@@H](Oc1ccccc1OC)C(=O)NCCOc1cccc(C)c1C. The van der Waals surface area contributed by atoms with Gasteiger partial charge < -0.3 is 19.5 Å². The Morgan fingerprint density at radius 1 is 1.04 bits per heavy atom. The van der Waals surface area contributed by atoms with Crippen LogP contribution in [0, 0.1) is 13.8 Å². The van der Waals surface area contributed by atoms with Gasteiger partial charge in [-0.2, -0.15) is 0 Å². The number of aryl methyl sites for hydroxylation is 1.